The van der Waals surface area contributed by atoms with Crippen LogP contribution in [0.1, 0.15) is 31.9 Å². The fourth-order valence-corrected chi connectivity index (χ4v) is 4.87. The number of nitrogens with zero attached hydrogens (tertiary/aromatic N) is 3. The predicted molar refractivity (Wildman–Crippen MR) is 143 cm³/mol. The molecule has 0 bridgehead atoms. The largest absolute Gasteiger partial charge is 0.489 e. The summed E-state index contributed by atoms with van der Waals surface area (Å²) in [7, 11) is 3.55. The summed E-state index contributed by atoms with van der Waals surface area (Å²) in [6.45, 7) is 6.68. The van der Waals surface area contributed by atoms with Crippen LogP contribution in [0.25, 0.3) is 0 Å². The molecular formula is C30H35N3O3. The number of rotatable bonds is 6. The summed E-state index contributed by atoms with van der Waals surface area (Å²) in [5, 5.41) is 0. The molecule has 188 valence electrons. The number of amides is 3. The average molecular weight is 486 g/mol. The number of anilines is 1. The van der Waals surface area contributed by atoms with Gasteiger partial charge in [0.25, 0.3) is 0 Å². The van der Waals surface area contributed by atoms with Crippen LogP contribution in [-0.4, -0.2) is 48.0 Å². The first-order valence-corrected chi connectivity index (χ1v) is 12.3. The Morgan fingerprint density at radius 3 is 2.06 bits per heavy atom. The standard InChI is InChI=1S/C30H35N3O3/c1-30(2,3)28-32(5)27(34)26(33(28)29(35)31(4)24-14-10-7-11-15-24)20-22-16-18-25(19-17-22)36-21-23-12-8-6-9-13-23/h6-19,26,28H,20-21H2,1-5H3. The molecule has 1 heterocycles. The lowest BCUT2D eigenvalue weighted by atomic mass is 9.91. The summed E-state index contributed by atoms with van der Waals surface area (Å²) in [5.41, 5.74) is 2.55. The van der Waals surface area contributed by atoms with Crippen LogP contribution in [0.2, 0.25) is 0 Å². The minimum absolute atomic E-state index is 0.0471. The van der Waals surface area contributed by atoms with Crippen molar-refractivity contribution in [2.45, 2.75) is 46.0 Å². The van der Waals surface area contributed by atoms with Gasteiger partial charge in [0.1, 0.15) is 24.6 Å². The Balaban J connectivity index is 1.55. The third kappa shape index (κ3) is 5.38. The Morgan fingerprint density at radius 2 is 1.47 bits per heavy atom. The Hall–Kier alpha value is -3.80. The molecule has 1 aliphatic heterocycles. The molecule has 2 unspecified atom stereocenters. The summed E-state index contributed by atoms with van der Waals surface area (Å²) in [6, 6.07) is 26.6. The maximum Gasteiger partial charge on any atom is 0.326 e. The zero-order valence-electron chi connectivity index (χ0n) is 21.7. The third-order valence-electron chi connectivity index (χ3n) is 6.63. The number of likely N-dealkylation sites (N-methyl/N-ethyl adjacent to an activating group) is 1. The average Bonchev–Trinajstić information content (AvgIpc) is 3.14. The Labute approximate surface area is 214 Å². The SMILES string of the molecule is CN(C(=O)N1C(Cc2ccc(OCc3ccccc3)cc2)C(=O)N(C)C1C(C)(C)C)c1ccccc1. The van der Waals surface area contributed by atoms with Gasteiger partial charge in [0.05, 0.1) is 0 Å². The van der Waals surface area contributed by atoms with Crippen molar-refractivity contribution in [1.29, 1.82) is 0 Å². The summed E-state index contributed by atoms with van der Waals surface area (Å²) in [6.07, 6.45) is 0.0745. The second-order valence-electron chi connectivity index (χ2n) is 10.4. The molecule has 0 aromatic heterocycles. The van der Waals surface area contributed by atoms with Crippen molar-refractivity contribution in [1.82, 2.24) is 9.80 Å². The van der Waals surface area contributed by atoms with Crippen molar-refractivity contribution in [3.63, 3.8) is 0 Å². The van der Waals surface area contributed by atoms with E-state index in [1.165, 1.54) is 0 Å². The Morgan fingerprint density at radius 1 is 0.889 bits per heavy atom. The molecule has 1 aliphatic rings. The highest BCUT2D eigenvalue weighted by Gasteiger charge is 2.51. The first-order valence-electron chi connectivity index (χ1n) is 12.3. The van der Waals surface area contributed by atoms with Gasteiger partial charge in [-0.25, -0.2) is 4.79 Å². The molecule has 0 saturated carbocycles. The van der Waals surface area contributed by atoms with Crippen LogP contribution in [0, 0.1) is 5.41 Å². The number of hydrogen-bond donors (Lipinski definition) is 0. The third-order valence-corrected chi connectivity index (χ3v) is 6.63. The predicted octanol–water partition coefficient (Wildman–Crippen LogP) is 5.58. The molecule has 0 spiro atoms. The van der Waals surface area contributed by atoms with Crippen molar-refractivity contribution in [2.75, 3.05) is 19.0 Å². The van der Waals surface area contributed by atoms with Gasteiger partial charge >= 0.3 is 6.03 Å². The van der Waals surface area contributed by atoms with Gasteiger partial charge < -0.3 is 9.64 Å². The van der Waals surface area contributed by atoms with Gasteiger partial charge in [0, 0.05) is 31.6 Å². The topological polar surface area (TPSA) is 53.1 Å². The maximum atomic E-state index is 13.8. The van der Waals surface area contributed by atoms with E-state index in [9.17, 15) is 9.59 Å². The van der Waals surface area contributed by atoms with Crippen molar-refractivity contribution in [2.24, 2.45) is 5.41 Å². The number of hydrogen-bond acceptors (Lipinski definition) is 3. The molecule has 0 radical (unpaired) electrons. The highest BCUT2D eigenvalue weighted by atomic mass is 16.5. The van der Waals surface area contributed by atoms with Gasteiger partial charge in [0.15, 0.2) is 0 Å². The van der Waals surface area contributed by atoms with Crippen LogP contribution in [0.5, 0.6) is 5.75 Å². The summed E-state index contributed by atoms with van der Waals surface area (Å²) in [4.78, 5) is 32.4. The van der Waals surface area contributed by atoms with Crippen LogP contribution in [0.15, 0.2) is 84.9 Å². The smallest absolute Gasteiger partial charge is 0.326 e. The minimum atomic E-state index is -0.589. The molecule has 0 aliphatic carbocycles. The van der Waals surface area contributed by atoms with Crippen LogP contribution in [0.4, 0.5) is 10.5 Å². The fraction of sp³-hybridized carbons (Fsp3) is 0.333. The van der Waals surface area contributed by atoms with E-state index in [2.05, 4.69) is 20.8 Å². The van der Waals surface area contributed by atoms with Crippen LogP contribution in [0.3, 0.4) is 0 Å². The van der Waals surface area contributed by atoms with Crippen molar-refractivity contribution in [3.05, 3.63) is 96.1 Å². The number of carbonyl (C=O) groups is 2. The van der Waals surface area contributed by atoms with E-state index >= 15 is 0 Å². The van der Waals surface area contributed by atoms with Gasteiger partial charge in [-0.05, 0) is 35.4 Å². The number of para-hydroxylation sites is 1. The lowest BCUT2D eigenvalue weighted by Crippen LogP contribution is -2.54. The molecule has 6 nitrogen and oxygen atoms in total. The molecule has 3 amide bonds. The first kappa shape index (κ1) is 25.3. The molecule has 1 saturated heterocycles. The van der Waals surface area contributed by atoms with E-state index in [0.29, 0.717) is 13.0 Å². The van der Waals surface area contributed by atoms with E-state index in [-0.39, 0.29) is 23.5 Å². The van der Waals surface area contributed by atoms with Gasteiger partial charge in [-0.1, -0.05) is 81.4 Å². The molecule has 3 aromatic carbocycles. The normalized spacial score (nSPS) is 17.9. The van der Waals surface area contributed by atoms with Crippen molar-refractivity contribution in [3.8, 4) is 5.75 Å². The molecule has 1 fully saturated rings. The molecule has 4 rings (SSSR count). The molecule has 3 aromatic rings. The molecular weight excluding hydrogens is 450 g/mol. The minimum Gasteiger partial charge on any atom is -0.489 e. The zero-order valence-corrected chi connectivity index (χ0v) is 21.7. The second kappa shape index (κ2) is 10.4. The van der Waals surface area contributed by atoms with Gasteiger partial charge in [0.2, 0.25) is 5.91 Å². The molecule has 2 atom stereocenters. The van der Waals surface area contributed by atoms with Crippen LogP contribution in [-0.2, 0) is 17.8 Å². The lowest BCUT2D eigenvalue weighted by molar-refractivity contribution is -0.129. The molecule has 6 heteroatoms. The van der Waals surface area contributed by atoms with E-state index < -0.39 is 6.04 Å². The van der Waals surface area contributed by atoms with Crippen molar-refractivity contribution < 1.29 is 14.3 Å². The van der Waals surface area contributed by atoms with Crippen LogP contribution >= 0.6 is 0 Å². The fourth-order valence-electron chi connectivity index (χ4n) is 4.87. The number of ether oxygens (including phenoxy) is 1. The monoisotopic (exact) mass is 485 g/mol. The van der Waals surface area contributed by atoms with E-state index in [1.807, 2.05) is 84.9 Å². The van der Waals surface area contributed by atoms with E-state index in [4.69, 9.17) is 4.74 Å². The molecule has 0 N–H and O–H groups in total. The lowest BCUT2D eigenvalue weighted by Gasteiger charge is -2.40. The molecule has 36 heavy (non-hydrogen) atoms. The number of urea groups is 1. The van der Waals surface area contributed by atoms with E-state index in [0.717, 1.165) is 22.6 Å². The van der Waals surface area contributed by atoms with Gasteiger partial charge in [-0.2, -0.15) is 0 Å². The second-order valence-corrected chi connectivity index (χ2v) is 10.4. The summed E-state index contributed by atoms with van der Waals surface area (Å²) >= 11 is 0. The summed E-state index contributed by atoms with van der Waals surface area (Å²) in [5.74, 6) is 0.718. The van der Waals surface area contributed by atoms with Gasteiger partial charge in [-0.15, -0.1) is 0 Å². The van der Waals surface area contributed by atoms with Crippen LogP contribution < -0.4 is 9.64 Å². The quantitative estimate of drug-likeness (QED) is 0.458. The van der Waals surface area contributed by atoms with E-state index in [1.54, 1.807) is 28.8 Å². The Kier molecular flexibility index (Phi) is 7.34. The number of benzene rings is 3. The Bertz CT molecular complexity index is 1170. The highest BCUT2D eigenvalue weighted by molar-refractivity contribution is 5.97. The van der Waals surface area contributed by atoms with Crippen molar-refractivity contribution >= 4 is 17.6 Å². The zero-order chi connectivity index (χ0) is 25.9. The summed E-state index contributed by atoms with van der Waals surface area (Å²) < 4.78 is 5.91. The first-order chi connectivity index (χ1) is 17.2. The number of carbonyl (C=O) groups excluding carboxylic acids is 2. The van der Waals surface area contributed by atoms with Gasteiger partial charge in [-0.3, -0.25) is 14.6 Å². The highest BCUT2D eigenvalue weighted by Crippen LogP contribution is 2.36. The maximum absolute atomic E-state index is 13.8.